The number of nitrogens with zero attached hydrogens (tertiary/aromatic N) is 1. The van der Waals surface area contributed by atoms with E-state index in [2.05, 4.69) is 23.5 Å². The van der Waals surface area contributed by atoms with Crippen LogP contribution in [0.2, 0.25) is 0 Å². The summed E-state index contributed by atoms with van der Waals surface area (Å²) in [5.41, 5.74) is 0.594. The summed E-state index contributed by atoms with van der Waals surface area (Å²) in [5.74, 6) is 1.66. The van der Waals surface area contributed by atoms with Gasteiger partial charge < -0.3 is 5.32 Å². The van der Waals surface area contributed by atoms with Crippen LogP contribution in [-0.4, -0.2) is 28.2 Å². The lowest BCUT2D eigenvalue weighted by Crippen LogP contribution is -2.50. The van der Waals surface area contributed by atoms with Crippen molar-refractivity contribution in [2.75, 3.05) is 11.5 Å². The fraction of sp³-hybridized carbons (Fsp3) is 0.429. The first-order valence-corrected chi connectivity index (χ1v) is 8.31. The molecule has 1 saturated heterocycles. The molecule has 2 heterocycles. The zero-order valence-electron chi connectivity index (χ0n) is 10.4. The smallest absolute Gasteiger partial charge is 0.235 e. The molecule has 1 N–H and O–H groups in total. The number of fused-ring (bicyclic) bond motifs is 1. The molecular weight excluding hydrogens is 276 g/mol. The van der Waals surface area contributed by atoms with Crippen molar-refractivity contribution in [3.63, 3.8) is 0 Å². The van der Waals surface area contributed by atoms with Crippen molar-refractivity contribution in [1.82, 2.24) is 5.32 Å². The molecule has 2 aliphatic heterocycles. The summed E-state index contributed by atoms with van der Waals surface area (Å²) in [4.78, 5) is 13.5. The summed E-state index contributed by atoms with van der Waals surface area (Å²) in [6, 6.07) is 10.4. The molecule has 1 amide bonds. The molecule has 0 saturated carbocycles. The van der Waals surface area contributed by atoms with Gasteiger partial charge in [-0.05, 0) is 30.2 Å². The molecule has 2 unspecified atom stereocenters. The predicted molar refractivity (Wildman–Crippen MR) is 78.2 cm³/mol. The molecule has 1 fully saturated rings. The van der Waals surface area contributed by atoms with Crippen LogP contribution in [0.25, 0.3) is 0 Å². The Labute approximate surface area is 121 Å². The zero-order valence-corrected chi connectivity index (χ0v) is 12.0. The minimum atomic E-state index is -0.642. The molecule has 0 spiro atoms. The number of hydrogen-bond acceptors (Lipinski definition) is 4. The van der Waals surface area contributed by atoms with Gasteiger partial charge in [0.2, 0.25) is 5.91 Å². The molecule has 0 aromatic heterocycles. The van der Waals surface area contributed by atoms with Gasteiger partial charge in [-0.2, -0.15) is 17.0 Å². The van der Waals surface area contributed by atoms with E-state index in [4.69, 9.17) is 0 Å². The van der Waals surface area contributed by atoms with Crippen LogP contribution >= 0.6 is 23.5 Å². The summed E-state index contributed by atoms with van der Waals surface area (Å²) < 4.78 is 0. The molecule has 2 aliphatic rings. The van der Waals surface area contributed by atoms with E-state index < -0.39 is 5.54 Å². The van der Waals surface area contributed by atoms with Crippen LogP contribution < -0.4 is 5.32 Å². The Morgan fingerprint density at radius 1 is 1.47 bits per heavy atom. The Morgan fingerprint density at radius 2 is 2.32 bits per heavy atom. The largest absolute Gasteiger partial charge is 0.336 e. The minimum Gasteiger partial charge on any atom is -0.336 e. The molecule has 1 aromatic carbocycles. The van der Waals surface area contributed by atoms with Gasteiger partial charge >= 0.3 is 0 Å². The van der Waals surface area contributed by atoms with Crippen molar-refractivity contribution in [3.8, 4) is 6.07 Å². The van der Waals surface area contributed by atoms with E-state index in [-0.39, 0.29) is 11.2 Å². The third-order valence-corrected chi connectivity index (χ3v) is 6.04. The number of hydrogen-bond donors (Lipinski definition) is 1. The van der Waals surface area contributed by atoms with Gasteiger partial charge in [-0.25, -0.2) is 0 Å². The van der Waals surface area contributed by atoms with E-state index in [1.807, 2.05) is 12.1 Å². The van der Waals surface area contributed by atoms with Crippen LogP contribution in [0.3, 0.4) is 0 Å². The van der Waals surface area contributed by atoms with E-state index >= 15 is 0 Å². The van der Waals surface area contributed by atoms with E-state index in [0.29, 0.717) is 5.75 Å². The molecule has 0 aliphatic carbocycles. The average molecular weight is 290 g/mol. The fourth-order valence-corrected chi connectivity index (χ4v) is 4.89. The SMILES string of the molecule is N#CC1(NC(=O)C2Cc3ccccc3S2)CCSC1. The second-order valence-corrected chi connectivity index (χ2v) is 7.25. The normalized spacial score (nSPS) is 28.7. The summed E-state index contributed by atoms with van der Waals surface area (Å²) in [6.45, 7) is 0. The first-order chi connectivity index (χ1) is 9.22. The van der Waals surface area contributed by atoms with Gasteiger partial charge in [-0.15, -0.1) is 11.8 Å². The predicted octanol–water partition coefficient (Wildman–Crippen LogP) is 2.22. The number of nitrogens with one attached hydrogen (secondary N) is 1. The average Bonchev–Trinajstić information content (AvgIpc) is 3.05. The Hall–Kier alpha value is -1.12. The maximum absolute atomic E-state index is 12.3. The van der Waals surface area contributed by atoms with Crippen molar-refractivity contribution >= 4 is 29.4 Å². The summed E-state index contributed by atoms with van der Waals surface area (Å²) in [7, 11) is 0. The monoisotopic (exact) mass is 290 g/mol. The summed E-state index contributed by atoms with van der Waals surface area (Å²) in [5, 5.41) is 12.2. The molecule has 1 aromatic rings. The van der Waals surface area contributed by atoms with Crippen molar-refractivity contribution in [3.05, 3.63) is 29.8 Å². The molecule has 2 atom stereocenters. The molecule has 98 valence electrons. The van der Waals surface area contributed by atoms with Crippen molar-refractivity contribution in [1.29, 1.82) is 5.26 Å². The van der Waals surface area contributed by atoms with Crippen molar-refractivity contribution < 1.29 is 4.79 Å². The van der Waals surface area contributed by atoms with Gasteiger partial charge in [0.05, 0.1) is 11.3 Å². The van der Waals surface area contributed by atoms with Crippen molar-refractivity contribution in [2.45, 2.75) is 28.5 Å². The van der Waals surface area contributed by atoms with Crippen molar-refractivity contribution in [2.24, 2.45) is 0 Å². The molecule has 3 rings (SSSR count). The van der Waals surface area contributed by atoms with Gasteiger partial charge in [0, 0.05) is 10.6 Å². The molecule has 3 nitrogen and oxygen atoms in total. The van der Waals surface area contributed by atoms with E-state index in [1.165, 1.54) is 10.5 Å². The lowest BCUT2D eigenvalue weighted by atomic mass is 10.0. The van der Waals surface area contributed by atoms with Crippen LogP contribution in [0.5, 0.6) is 0 Å². The Bertz CT molecular complexity index is 522. The molecular formula is C14H14N2OS2. The lowest BCUT2D eigenvalue weighted by molar-refractivity contribution is -0.121. The molecule has 5 heteroatoms. The minimum absolute atomic E-state index is 0.00486. The topological polar surface area (TPSA) is 52.9 Å². The second-order valence-electron chi connectivity index (χ2n) is 4.90. The highest BCUT2D eigenvalue weighted by Gasteiger charge is 2.39. The Morgan fingerprint density at radius 3 is 3.00 bits per heavy atom. The Balaban J connectivity index is 1.69. The number of nitriles is 1. The van der Waals surface area contributed by atoms with Gasteiger partial charge in [0.15, 0.2) is 0 Å². The van der Waals surface area contributed by atoms with Gasteiger partial charge in [0.25, 0.3) is 0 Å². The number of amides is 1. The quantitative estimate of drug-likeness (QED) is 0.907. The zero-order chi connectivity index (χ0) is 13.3. The maximum atomic E-state index is 12.3. The highest BCUT2D eigenvalue weighted by molar-refractivity contribution is 8.01. The van der Waals surface area contributed by atoms with Crippen LogP contribution in [0, 0.1) is 11.3 Å². The summed E-state index contributed by atoms with van der Waals surface area (Å²) in [6.07, 6.45) is 1.52. The van der Waals surface area contributed by atoms with Gasteiger partial charge in [-0.3, -0.25) is 4.79 Å². The molecule has 0 radical (unpaired) electrons. The second kappa shape index (κ2) is 5.10. The number of carbonyl (C=O) groups excluding carboxylic acids is 1. The highest BCUT2D eigenvalue weighted by atomic mass is 32.2. The first-order valence-electron chi connectivity index (χ1n) is 6.28. The molecule has 0 bridgehead atoms. The maximum Gasteiger partial charge on any atom is 0.235 e. The van der Waals surface area contributed by atoms with Crippen LogP contribution in [-0.2, 0) is 11.2 Å². The van der Waals surface area contributed by atoms with Gasteiger partial charge in [-0.1, -0.05) is 18.2 Å². The standard InChI is InChI=1S/C14H14N2OS2/c15-8-14(5-6-18-9-14)16-13(17)12-7-10-3-1-2-4-11(10)19-12/h1-4,12H,5-7,9H2,(H,16,17). The number of benzene rings is 1. The fourth-order valence-electron chi connectivity index (χ4n) is 2.42. The Kier molecular flexibility index (Phi) is 3.46. The third-order valence-electron chi connectivity index (χ3n) is 3.54. The van der Waals surface area contributed by atoms with Crippen LogP contribution in [0.4, 0.5) is 0 Å². The van der Waals surface area contributed by atoms with Crippen LogP contribution in [0.15, 0.2) is 29.2 Å². The van der Waals surface area contributed by atoms with Crippen LogP contribution in [0.1, 0.15) is 12.0 Å². The number of thioether (sulfide) groups is 2. The number of rotatable bonds is 2. The van der Waals surface area contributed by atoms with Gasteiger partial charge in [0.1, 0.15) is 5.54 Å². The molecule has 19 heavy (non-hydrogen) atoms. The number of carbonyl (C=O) groups is 1. The lowest BCUT2D eigenvalue weighted by Gasteiger charge is -2.23. The third kappa shape index (κ3) is 2.47. The van der Waals surface area contributed by atoms with E-state index in [0.717, 1.165) is 18.6 Å². The van der Waals surface area contributed by atoms with E-state index in [1.54, 1.807) is 23.5 Å². The first kappa shape index (κ1) is 12.9. The highest BCUT2D eigenvalue weighted by Crippen LogP contribution is 2.37. The summed E-state index contributed by atoms with van der Waals surface area (Å²) >= 11 is 3.34. The van der Waals surface area contributed by atoms with E-state index in [9.17, 15) is 10.1 Å².